The summed E-state index contributed by atoms with van der Waals surface area (Å²) in [6.07, 6.45) is 0.816. The van der Waals surface area contributed by atoms with Gasteiger partial charge in [0.15, 0.2) is 17.4 Å². The molecule has 7 nitrogen and oxygen atoms in total. The topological polar surface area (TPSA) is 72.4 Å². The zero-order valence-corrected chi connectivity index (χ0v) is 14.4. The van der Waals surface area contributed by atoms with E-state index in [-0.39, 0.29) is 29.4 Å². The van der Waals surface area contributed by atoms with E-state index in [0.29, 0.717) is 32.1 Å². The second kappa shape index (κ2) is 7.79. The van der Waals surface area contributed by atoms with Gasteiger partial charge in [0.25, 0.3) is 0 Å². The molecule has 136 valence electrons. The number of rotatable bonds is 7. The molecule has 1 fully saturated rings. The highest BCUT2D eigenvalue weighted by Gasteiger charge is 2.36. The molecule has 25 heavy (non-hydrogen) atoms. The quantitative estimate of drug-likeness (QED) is 0.821. The summed E-state index contributed by atoms with van der Waals surface area (Å²) < 4.78 is 26.3. The molecule has 0 unspecified atom stereocenters. The Hall–Kier alpha value is -2.19. The molecule has 0 bridgehead atoms. The van der Waals surface area contributed by atoms with Crippen molar-refractivity contribution in [2.24, 2.45) is 0 Å². The molecule has 0 saturated carbocycles. The third-order valence-corrected chi connectivity index (χ3v) is 4.57. The van der Waals surface area contributed by atoms with Crippen LogP contribution in [0.15, 0.2) is 29.1 Å². The van der Waals surface area contributed by atoms with Crippen LogP contribution in [0.25, 0.3) is 0 Å². The predicted molar refractivity (Wildman–Crippen MR) is 90.1 cm³/mol. The molecule has 2 aromatic rings. The lowest BCUT2D eigenvalue weighted by Gasteiger charge is -2.23. The van der Waals surface area contributed by atoms with Gasteiger partial charge < -0.3 is 9.47 Å². The maximum atomic E-state index is 13.6. The van der Waals surface area contributed by atoms with Gasteiger partial charge in [-0.3, -0.25) is 9.47 Å². The van der Waals surface area contributed by atoms with E-state index in [2.05, 4.69) is 15.1 Å². The number of halogens is 1. The average molecular weight is 350 g/mol. The van der Waals surface area contributed by atoms with Crippen molar-refractivity contribution >= 4 is 0 Å². The van der Waals surface area contributed by atoms with Crippen molar-refractivity contribution in [3.05, 3.63) is 46.4 Å². The zero-order chi connectivity index (χ0) is 17.8. The minimum absolute atomic E-state index is 0.0342. The fourth-order valence-corrected chi connectivity index (χ4v) is 3.27. The fourth-order valence-electron chi connectivity index (χ4n) is 3.27. The summed E-state index contributed by atoms with van der Waals surface area (Å²) in [5.74, 6) is 0.576. The minimum Gasteiger partial charge on any atom is -0.489 e. The second-order valence-electron chi connectivity index (χ2n) is 6.01. The number of para-hydroxylation sites is 1. The van der Waals surface area contributed by atoms with Gasteiger partial charge in [0.1, 0.15) is 6.61 Å². The Bertz CT molecular complexity index is 760. The number of H-pyrrole nitrogens is 1. The molecule has 1 aromatic heterocycles. The maximum absolute atomic E-state index is 13.6. The summed E-state index contributed by atoms with van der Waals surface area (Å²) in [4.78, 5) is 14.0. The van der Waals surface area contributed by atoms with Crippen LogP contribution in [-0.4, -0.2) is 52.6 Å². The summed E-state index contributed by atoms with van der Waals surface area (Å²) >= 11 is 0. The van der Waals surface area contributed by atoms with Gasteiger partial charge in [-0.25, -0.2) is 14.3 Å². The van der Waals surface area contributed by atoms with Gasteiger partial charge in [0, 0.05) is 26.7 Å². The number of ether oxygens (including phenoxy) is 2. The molecule has 1 aliphatic heterocycles. The molecule has 2 atom stereocenters. The van der Waals surface area contributed by atoms with Gasteiger partial charge in [-0.1, -0.05) is 12.1 Å². The van der Waals surface area contributed by atoms with E-state index in [9.17, 15) is 9.18 Å². The van der Waals surface area contributed by atoms with Crippen LogP contribution in [0.3, 0.4) is 0 Å². The van der Waals surface area contributed by atoms with Crippen molar-refractivity contribution in [3.63, 3.8) is 0 Å². The van der Waals surface area contributed by atoms with Gasteiger partial charge in [-0.2, -0.15) is 5.10 Å². The van der Waals surface area contributed by atoms with Gasteiger partial charge in [-0.05, 0) is 25.5 Å². The van der Waals surface area contributed by atoms with Crippen molar-refractivity contribution in [1.82, 2.24) is 19.7 Å². The number of nitrogens with zero attached hydrogens (tertiary/aromatic N) is 3. The number of nitrogens with one attached hydrogen (secondary N) is 1. The van der Waals surface area contributed by atoms with E-state index in [4.69, 9.17) is 9.47 Å². The number of methoxy groups -OCH3 is 1. The Balaban J connectivity index is 1.69. The molecule has 1 N–H and O–H groups in total. The summed E-state index contributed by atoms with van der Waals surface area (Å²) in [6.45, 7) is 4.11. The third-order valence-electron chi connectivity index (χ3n) is 4.57. The van der Waals surface area contributed by atoms with Crippen LogP contribution in [0.2, 0.25) is 0 Å². The minimum atomic E-state index is -0.373. The first-order chi connectivity index (χ1) is 12.1. The van der Waals surface area contributed by atoms with Crippen LogP contribution in [0.4, 0.5) is 4.39 Å². The van der Waals surface area contributed by atoms with Crippen LogP contribution in [0.1, 0.15) is 25.2 Å². The second-order valence-corrected chi connectivity index (χ2v) is 6.01. The molecule has 0 amide bonds. The van der Waals surface area contributed by atoms with Crippen molar-refractivity contribution in [3.8, 4) is 5.75 Å². The standard InChI is InChI=1S/C17H23FN4O3/c1-3-22-16(19-20-17(22)23)14-10-12(24-2)11-21(14)8-9-25-15-7-5-4-6-13(15)18/h4-7,12,14H,3,8-11H2,1-2H3,(H,20,23)/t12-,14-/m0/s1. The first kappa shape index (κ1) is 17.6. The Kier molecular flexibility index (Phi) is 5.50. The number of benzene rings is 1. The van der Waals surface area contributed by atoms with Crippen molar-refractivity contribution < 1.29 is 13.9 Å². The van der Waals surface area contributed by atoms with E-state index >= 15 is 0 Å². The molecular weight excluding hydrogens is 327 g/mol. The summed E-state index contributed by atoms with van der Waals surface area (Å²) in [5, 5.41) is 6.71. The highest BCUT2D eigenvalue weighted by atomic mass is 19.1. The number of hydrogen-bond acceptors (Lipinski definition) is 5. The van der Waals surface area contributed by atoms with E-state index < -0.39 is 0 Å². The Morgan fingerprint density at radius 2 is 2.20 bits per heavy atom. The largest absolute Gasteiger partial charge is 0.489 e. The SMILES string of the molecule is CCn1c([C@@H]2C[C@H](OC)CN2CCOc2ccccc2F)n[nH]c1=O. The van der Waals surface area contributed by atoms with E-state index in [0.717, 1.165) is 6.42 Å². The Morgan fingerprint density at radius 1 is 1.40 bits per heavy atom. The van der Waals surface area contributed by atoms with E-state index in [1.807, 2.05) is 6.92 Å². The Labute approximate surface area is 145 Å². The molecule has 0 radical (unpaired) electrons. The monoisotopic (exact) mass is 350 g/mol. The van der Waals surface area contributed by atoms with Crippen molar-refractivity contribution in [2.45, 2.75) is 32.0 Å². The molecule has 0 aliphatic carbocycles. The first-order valence-electron chi connectivity index (χ1n) is 8.43. The molecular formula is C17H23FN4O3. The lowest BCUT2D eigenvalue weighted by atomic mass is 10.2. The summed E-state index contributed by atoms with van der Waals surface area (Å²) in [5.41, 5.74) is -0.207. The molecule has 1 saturated heterocycles. The zero-order valence-electron chi connectivity index (χ0n) is 14.4. The van der Waals surface area contributed by atoms with Gasteiger partial charge in [0.05, 0.1) is 12.1 Å². The summed E-state index contributed by atoms with van der Waals surface area (Å²) in [6, 6.07) is 6.31. The molecule has 1 aromatic carbocycles. The van der Waals surface area contributed by atoms with Crippen LogP contribution in [0, 0.1) is 5.82 Å². The van der Waals surface area contributed by atoms with Gasteiger partial charge in [0.2, 0.25) is 0 Å². The van der Waals surface area contributed by atoms with Crippen LogP contribution in [0.5, 0.6) is 5.75 Å². The lowest BCUT2D eigenvalue weighted by molar-refractivity contribution is 0.105. The highest BCUT2D eigenvalue weighted by Crippen LogP contribution is 2.31. The number of hydrogen-bond donors (Lipinski definition) is 1. The number of aromatic nitrogens is 3. The van der Waals surface area contributed by atoms with E-state index in [1.165, 1.54) is 6.07 Å². The number of aromatic amines is 1. The van der Waals surface area contributed by atoms with Crippen LogP contribution >= 0.6 is 0 Å². The van der Waals surface area contributed by atoms with E-state index in [1.54, 1.807) is 29.9 Å². The van der Waals surface area contributed by atoms with Gasteiger partial charge >= 0.3 is 5.69 Å². The molecule has 1 aliphatic rings. The Morgan fingerprint density at radius 3 is 2.92 bits per heavy atom. The average Bonchev–Trinajstić information content (AvgIpc) is 3.19. The van der Waals surface area contributed by atoms with Crippen LogP contribution in [-0.2, 0) is 11.3 Å². The highest BCUT2D eigenvalue weighted by molar-refractivity contribution is 5.23. The summed E-state index contributed by atoms with van der Waals surface area (Å²) in [7, 11) is 1.68. The maximum Gasteiger partial charge on any atom is 0.343 e. The molecule has 8 heteroatoms. The smallest absolute Gasteiger partial charge is 0.343 e. The third kappa shape index (κ3) is 3.74. The van der Waals surface area contributed by atoms with Gasteiger partial charge in [-0.15, -0.1) is 0 Å². The fraction of sp³-hybridized carbons (Fsp3) is 0.529. The first-order valence-corrected chi connectivity index (χ1v) is 8.43. The molecule has 0 spiro atoms. The van der Waals surface area contributed by atoms with Crippen molar-refractivity contribution in [1.29, 1.82) is 0 Å². The number of likely N-dealkylation sites (tertiary alicyclic amines) is 1. The molecule has 2 heterocycles. The lowest BCUT2D eigenvalue weighted by Crippen LogP contribution is -2.31. The van der Waals surface area contributed by atoms with Crippen LogP contribution < -0.4 is 10.4 Å². The molecule has 3 rings (SSSR count). The normalized spacial score (nSPS) is 20.9. The predicted octanol–water partition coefficient (Wildman–Crippen LogP) is 1.57. The van der Waals surface area contributed by atoms with Crippen molar-refractivity contribution in [2.75, 3.05) is 26.8 Å².